The number of hydrogen-bond donors (Lipinski definition) is 2. The van der Waals surface area contributed by atoms with Crippen molar-refractivity contribution in [1.82, 2.24) is 15.6 Å². The van der Waals surface area contributed by atoms with Crippen molar-refractivity contribution in [1.29, 1.82) is 0 Å². The summed E-state index contributed by atoms with van der Waals surface area (Å²) < 4.78 is 0. The number of amides is 3. The fourth-order valence-corrected chi connectivity index (χ4v) is 3.16. The molecule has 6 nitrogen and oxygen atoms in total. The minimum atomic E-state index is -0.514. The average molecular weight is 338 g/mol. The molecular weight excluding hydrogens is 316 g/mol. The van der Waals surface area contributed by atoms with E-state index in [4.69, 9.17) is 0 Å². The van der Waals surface area contributed by atoms with E-state index >= 15 is 0 Å². The summed E-state index contributed by atoms with van der Waals surface area (Å²) in [6.45, 7) is 3.88. The zero-order valence-electron chi connectivity index (χ0n) is 14.3. The van der Waals surface area contributed by atoms with Crippen molar-refractivity contribution in [2.75, 3.05) is 4.90 Å². The van der Waals surface area contributed by atoms with E-state index in [1.54, 1.807) is 17.3 Å². The van der Waals surface area contributed by atoms with Gasteiger partial charge in [-0.25, -0.2) is 4.79 Å². The Bertz CT molecular complexity index is 736. The quantitative estimate of drug-likeness (QED) is 0.900. The van der Waals surface area contributed by atoms with Gasteiger partial charge in [0.15, 0.2) is 0 Å². The summed E-state index contributed by atoms with van der Waals surface area (Å²) in [5.41, 5.74) is 1.82. The van der Waals surface area contributed by atoms with Gasteiger partial charge in [-0.2, -0.15) is 0 Å². The topological polar surface area (TPSA) is 74.3 Å². The van der Waals surface area contributed by atoms with E-state index in [-0.39, 0.29) is 24.0 Å². The van der Waals surface area contributed by atoms with E-state index in [9.17, 15) is 9.59 Å². The van der Waals surface area contributed by atoms with Crippen LogP contribution in [0.25, 0.3) is 0 Å². The second-order valence-electron chi connectivity index (χ2n) is 6.30. The molecule has 2 heterocycles. The number of urea groups is 1. The van der Waals surface area contributed by atoms with Crippen LogP contribution < -0.4 is 15.5 Å². The lowest BCUT2D eigenvalue weighted by atomic mass is 10.1. The molecule has 3 rings (SSSR count). The molecule has 1 aromatic carbocycles. The van der Waals surface area contributed by atoms with Crippen LogP contribution in [0.2, 0.25) is 0 Å². The van der Waals surface area contributed by atoms with Crippen molar-refractivity contribution in [2.45, 2.75) is 38.4 Å². The number of carbonyl (C=O) groups is 2. The monoisotopic (exact) mass is 338 g/mol. The highest BCUT2D eigenvalue weighted by Gasteiger charge is 2.38. The molecule has 3 amide bonds. The van der Waals surface area contributed by atoms with Crippen molar-refractivity contribution >= 4 is 17.6 Å². The summed E-state index contributed by atoms with van der Waals surface area (Å²) in [5, 5.41) is 5.67. The number of para-hydroxylation sites is 1. The minimum Gasteiger partial charge on any atom is -0.332 e. The molecule has 2 N–H and O–H groups in total. The van der Waals surface area contributed by atoms with Gasteiger partial charge in [-0.15, -0.1) is 0 Å². The summed E-state index contributed by atoms with van der Waals surface area (Å²) in [6, 6.07) is 12.3. The molecule has 6 heteroatoms. The second kappa shape index (κ2) is 7.34. The largest absolute Gasteiger partial charge is 0.332 e. The van der Waals surface area contributed by atoms with Crippen LogP contribution in [0, 0.1) is 0 Å². The maximum Gasteiger partial charge on any atom is 0.315 e. The second-order valence-corrected chi connectivity index (χ2v) is 6.30. The van der Waals surface area contributed by atoms with Gasteiger partial charge >= 0.3 is 6.03 Å². The predicted molar refractivity (Wildman–Crippen MR) is 96.1 cm³/mol. The number of nitrogens with one attached hydrogen (secondary N) is 2. The molecule has 0 saturated carbocycles. The normalized spacial score (nSPS) is 21.0. The van der Waals surface area contributed by atoms with Gasteiger partial charge in [0.2, 0.25) is 5.91 Å². The van der Waals surface area contributed by atoms with Crippen LogP contribution in [0.15, 0.2) is 54.9 Å². The lowest BCUT2D eigenvalue weighted by Crippen LogP contribution is -2.46. The number of hydrogen-bond acceptors (Lipinski definition) is 3. The van der Waals surface area contributed by atoms with E-state index < -0.39 is 6.04 Å². The van der Waals surface area contributed by atoms with Gasteiger partial charge in [0.05, 0.1) is 6.04 Å². The van der Waals surface area contributed by atoms with Gasteiger partial charge in [-0.1, -0.05) is 18.2 Å². The molecule has 1 saturated heterocycles. The predicted octanol–water partition coefficient (Wildman–Crippen LogP) is 2.64. The van der Waals surface area contributed by atoms with Crippen molar-refractivity contribution in [3.05, 3.63) is 60.4 Å². The maximum atomic E-state index is 12.7. The first-order chi connectivity index (χ1) is 12.1. The number of carbonyl (C=O) groups excluding carboxylic acids is 2. The smallest absolute Gasteiger partial charge is 0.315 e. The first-order valence-electron chi connectivity index (χ1n) is 8.41. The van der Waals surface area contributed by atoms with Gasteiger partial charge in [0.25, 0.3) is 0 Å². The summed E-state index contributed by atoms with van der Waals surface area (Å²) in [4.78, 5) is 30.7. The van der Waals surface area contributed by atoms with Crippen LogP contribution in [0.5, 0.6) is 0 Å². The molecule has 25 heavy (non-hydrogen) atoms. The molecule has 1 aliphatic rings. The SMILES string of the molecule is C[C@H](NC(=O)N[C@@H]1C[C@H](C)N(c2ccccc2)C1=O)c1ccncc1. The van der Waals surface area contributed by atoms with Crippen LogP contribution in [-0.4, -0.2) is 29.0 Å². The Labute approximate surface area is 147 Å². The highest BCUT2D eigenvalue weighted by molar-refractivity contribution is 6.01. The maximum absolute atomic E-state index is 12.7. The van der Waals surface area contributed by atoms with Crippen LogP contribution in [0.3, 0.4) is 0 Å². The van der Waals surface area contributed by atoms with Gasteiger partial charge in [0, 0.05) is 24.1 Å². The van der Waals surface area contributed by atoms with Crippen molar-refractivity contribution in [3.63, 3.8) is 0 Å². The first kappa shape index (κ1) is 17.0. The van der Waals surface area contributed by atoms with Gasteiger partial charge in [-0.3, -0.25) is 9.78 Å². The van der Waals surface area contributed by atoms with Crippen LogP contribution in [0.1, 0.15) is 31.9 Å². The summed E-state index contributed by atoms with van der Waals surface area (Å²) in [5.74, 6) is -0.0783. The Kier molecular flexibility index (Phi) is 4.97. The Hall–Kier alpha value is -2.89. The fraction of sp³-hybridized carbons (Fsp3) is 0.316. The van der Waals surface area contributed by atoms with E-state index in [1.807, 2.05) is 56.3 Å². The summed E-state index contributed by atoms with van der Waals surface area (Å²) >= 11 is 0. The number of aromatic nitrogens is 1. The van der Waals surface area contributed by atoms with Crippen LogP contribution in [-0.2, 0) is 4.79 Å². The third kappa shape index (κ3) is 3.79. The summed E-state index contributed by atoms with van der Waals surface area (Å²) in [6.07, 6.45) is 3.96. The highest BCUT2D eigenvalue weighted by atomic mass is 16.2. The zero-order chi connectivity index (χ0) is 17.8. The van der Waals surface area contributed by atoms with Crippen molar-refractivity contribution in [3.8, 4) is 0 Å². The fourth-order valence-electron chi connectivity index (χ4n) is 3.16. The molecule has 0 bridgehead atoms. The molecular formula is C19H22N4O2. The molecule has 0 radical (unpaired) electrons. The van der Waals surface area contributed by atoms with E-state index in [0.717, 1.165) is 11.3 Å². The zero-order valence-corrected chi connectivity index (χ0v) is 14.3. The molecule has 3 atom stereocenters. The molecule has 1 fully saturated rings. The molecule has 1 aliphatic heterocycles. The Morgan fingerprint density at radius 1 is 1.20 bits per heavy atom. The molecule has 130 valence electrons. The molecule has 0 unspecified atom stereocenters. The number of anilines is 1. The lowest BCUT2D eigenvalue weighted by molar-refractivity contribution is -0.118. The first-order valence-corrected chi connectivity index (χ1v) is 8.41. The molecule has 1 aromatic heterocycles. The van der Waals surface area contributed by atoms with Gasteiger partial charge in [-0.05, 0) is 50.1 Å². The minimum absolute atomic E-state index is 0.0396. The van der Waals surface area contributed by atoms with E-state index in [1.165, 1.54) is 0 Å². The number of rotatable bonds is 4. The molecule has 2 aromatic rings. The number of benzene rings is 1. The van der Waals surface area contributed by atoms with E-state index in [0.29, 0.717) is 6.42 Å². The Morgan fingerprint density at radius 2 is 1.88 bits per heavy atom. The number of pyridine rings is 1. The van der Waals surface area contributed by atoms with Crippen LogP contribution >= 0.6 is 0 Å². The average Bonchev–Trinajstić information content (AvgIpc) is 2.89. The van der Waals surface area contributed by atoms with Crippen molar-refractivity contribution < 1.29 is 9.59 Å². The van der Waals surface area contributed by atoms with Gasteiger partial charge in [0.1, 0.15) is 6.04 Å². The number of nitrogens with zero attached hydrogens (tertiary/aromatic N) is 2. The van der Waals surface area contributed by atoms with Crippen LogP contribution in [0.4, 0.5) is 10.5 Å². The van der Waals surface area contributed by atoms with Crippen molar-refractivity contribution in [2.24, 2.45) is 0 Å². The third-order valence-corrected chi connectivity index (χ3v) is 4.45. The van der Waals surface area contributed by atoms with E-state index in [2.05, 4.69) is 15.6 Å². The highest BCUT2D eigenvalue weighted by Crippen LogP contribution is 2.26. The lowest BCUT2D eigenvalue weighted by Gasteiger charge is -2.21. The van der Waals surface area contributed by atoms with Gasteiger partial charge < -0.3 is 15.5 Å². The standard InChI is InChI=1S/C19H22N4O2/c1-13-12-17(18(24)23(13)16-6-4-3-5-7-16)22-19(25)21-14(2)15-8-10-20-11-9-15/h3-11,13-14,17H,12H2,1-2H3,(H2,21,22,25)/t13-,14-,17+/m0/s1. The Balaban J connectivity index is 1.61. The molecule has 0 aliphatic carbocycles. The Morgan fingerprint density at radius 3 is 2.56 bits per heavy atom. The molecule has 0 spiro atoms. The summed E-state index contributed by atoms with van der Waals surface area (Å²) in [7, 11) is 0. The third-order valence-electron chi connectivity index (χ3n) is 4.45.